The number of piperidine rings is 1. The predicted molar refractivity (Wildman–Crippen MR) is 114 cm³/mol. The normalized spacial score (nSPS) is 21.1. The molecule has 4 N–H and O–H groups in total. The number of carbonyl (C=O) groups is 3. The van der Waals surface area contributed by atoms with Gasteiger partial charge in [-0.05, 0) is 45.2 Å². The van der Waals surface area contributed by atoms with Gasteiger partial charge in [-0.2, -0.15) is 0 Å². The van der Waals surface area contributed by atoms with Crippen molar-refractivity contribution >= 4 is 17.5 Å². The number of aliphatic hydroxyl groups is 1. The molecule has 1 aliphatic rings. The summed E-state index contributed by atoms with van der Waals surface area (Å²) < 4.78 is 0. The predicted octanol–water partition coefficient (Wildman–Crippen LogP) is 1.51. The SMILES string of the molecule is CC(C)CN1CCCC[C@H]1C(=O)C[C@H](C(=O)N[C@@H](CCN)C(=O)C(C)C)C(C)O. The van der Waals surface area contributed by atoms with Crippen molar-refractivity contribution in [2.45, 2.75) is 84.9 Å². The molecule has 0 bridgehead atoms. The molecule has 1 saturated heterocycles. The van der Waals surface area contributed by atoms with Gasteiger partial charge in [-0.3, -0.25) is 19.3 Å². The van der Waals surface area contributed by atoms with Crippen LogP contribution >= 0.6 is 0 Å². The van der Waals surface area contributed by atoms with Crippen LogP contribution in [-0.4, -0.2) is 65.3 Å². The van der Waals surface area contributed by atoms with Crippen LogP contribution in [0, 0.1) is 17.8 Å². The smallest absolute Gasteiger partial charge is 0.226 e. The summed E-state index contributed by atoms with van der Waals surface area (Å²) >= 11 is 0. The molecular formula is C22H41N3O4. The Kier molecular flexibility index (Phi) is 11.0. The molecule has 1 rings (SSSR count). The van der Waals surface area contributed by atoms with E-state index in [9.17, 15) is 19.5 Å². The van der Waals surface area contributed by atoms with E-state index in [1.165, 1.54) is 6.92 Å². The first-order valence-corrected chi connectivity index (χ1v) is 11.1. The lowest BCUT2D eigenvalue weighted by atomic mass is 9.88. The van der Waals surface area contributed by atoms with Crippen LogP contribution in [-0.2, 0) is 14.4 Å². The number of hydrogen-bond acceptors (Lipinski definition) is 6. The van der Waals surface area contributed by atoms with Crippen LogP contribution < -0.4 is 11.1 Å². The zero-order chi connectivity index (χ0) is 22.1. The molecule has 4 atom stereocenters. The maximum atomic E-state index is 13.0. The lowest BCUT2D eigenvalue weighted by Crippen LogP contribution is -2.50. The highest BCUT2D eigenvalue weighted by Crippen LogP contribution is 2.23. The largest absolute Gasteiger partial charge is 0.393 e. The Morgan fingerprint density at radius 2 is 1.79 bits per heavy atom. The second-order valence-corrected chi connectivity index (χ2v) is 9.11. The zero-order valence-corrected chi connectivity index (χ0v) is 18.8. The maximum absolute atomic E-state index is 13.0. The monoisotopic (exact) mass is 411 g/mol. The minimum Gasteiger partial charge on any atom is -0.393 e. The third kappa shape index (κ3) is 8.15. The summed E-state index contributed by atoms with van der Waals surface area (Å²) in [6.07, 6.45) is 2.21. The molecule has 1 aliphatic heterocycles. The minimum absolute atomic E-state index is 0.00281. The van der Waals surface area contributed by atoms with Crippen molar-refractivity contribution in [3.05, 3.63) is 0 Å². The lowest BCUT2D eigenvalue weighted by Gasteiger charge is -2.36. The second kappa shape index (κ2) is 12.4. The Morgan fingerprint density at radius 1 is 1.14 bits per heavy atom. The Labute approximate surface area is 175 Å². The molecule has 1 fully saturated rings. The molecule has 7 heteroatoms. The van der Waals surface area contributed by atoms with Gasteiger partial charge in [0, 0.05) is 18.9 Å². The Balaban J connectivity index is 2.86. The molecule has 0 aromatic rings. The number of nitrogens with zero attached hydrogens (tertiary/aromatic N) is 1. The molecule has 0 spiro atoms. The van der Waals surface area contributed by atoms with E-state index >= 15 is 0 Å². The van der Waals surface area contributed by atoms with Crippen molar-refractivity contribution in [1.82, 2.24) is 10.2 Å². The van der Waals surface area contributed by atoms with Gasteiger partial charge in [0.15, 0.2) is 11.6 Å². The summed E-state index contributed by atoms with van der Waals surface area (Å²) in [4.78, 5) is 40.5. The molecule has 0 saturated carbocycles. The van der Waals surface area contributed by atoms with E-state index in [4.69, 9.17) is 5.73 Å². The molecule has 0 aliphatic carbocycles. The van der Waals surface area contributed by atoms with Crippen LogP contribution in [0.15, 0.2) is 0 Å². The number of amides is 1. The van der Waals surface area contributed by atoms with Gasteiger partial charge < -0.3 is 16.2 Å². The Morgan fingerprint density at radius 3 is 2.31 bits per heavy atom. The molecule has 0 radical (unpaired) electrons. The van der Waals surface area contributed by atoms with Gasteiger partial charge in [-0.15, -0.1) is 0 Å². The molecule has 1 amide bonds. The third-order valence-corrected chi connectivity index (χ3v) is 5.61. The van der Waals surface area contributed by atoms with Crippen LogP contribution in [0.25, 0.3) is 0 Å². The highest BCUT2D eigenvalue weighted by atomic mass is 16.3. The maximum Gasteiger partial charge on any atom is 0.226 e. The topological polar surface area (TPSA) is 113 Å². The zero-order valence-electron chi connectivity index (χ0n) is 18.8. The minimum atomic E-state index is -0.978. The van der Waals surface area contributed by atoms with Crippen LogP contribution in [0.1, 0.15) is 66.7 Å². The highest BCUT2D eigenvalue weighted by Gasteiger charge is 2.35. The van der Waals surface area contributed by atoms with Crippen LogP contribution in [0.5, 0.6) is 0 Å². The summed E-state index contributed by atoms with van der Waals surface area (Å²) in [7, 11) is 0. The van der Waals surface area contributed by atoms with Crippen molar-refractivity contribution < 1.29 is 19.5 Å². The molecular weight excluding hydrogens is 370 g/mol. The Hall–Kier alpha value is -1.31. The van der Waals surface area contributed by atoms with Gasteiger partial charge >= 0.3 is 0 Å². The molecule has 29 heavy (non-hydrogen) atoms. The number of hydrogen-bond donors (Lipinski definition) is 3. The number of likely N-dealkylation sites (tertiary alicyclic amines) is 1. The van der Waals surface area contributed by atoms with Gasteiger partial charge in [-0.25, -0.2) is 0 Å². The van der Waals surface area contributed by atoms with Crippen molar-refractivity contribution in [2.75, 3.05) is 19.6 Å². The number of aliphatic hydroxyl groups excluding tert-OH is 1. The van der Waals surface area contributed by atoms with Crippen molar-refractivity contribution in [1.29, 1.82) is 0 Å². The van der Waals surface area contributed by atoms with Gasteiger partial charge in [0.25, 0.3) is 0 Å². The van der Waals surface area contributed by atoms with Gasteiger partial charge in [0.1, 0.15) is 0 Å². The molecule has 1 unspecified atom stereocenters. The summed E-state index contributed by atoms with van der Waals surface area (Å²) in [6.45, 7) is 11.3. The fourth-order valence-electron chi connectivity index (χ4n) is 4.01. The second-order valence-electron chi connectivity index (χ2n) is 9.11. The molecule has 0 aromatic carbocycles. The van der Waals surface area contributed by atoms with E-state index < -0.39 is 24.0 Å². The lowest BCUT2D eigenvalue weighted by molar-refractivity contribution is -0.137. The average molecular weight is 412 g/mol. The number of nitrogens with two attached hydrogens (primary N) is 1. The Bertz CT molecular complexity index is 548. The van der Waals surface area contributed by atoms with Crippen molar-refractivity contribution in [2.24, 2.45) is 23.5 Å². The quantitative estimate of drug-likeness (QED) is 0.449. The van der Waals surface area contributed by atoms with E-state index in [1.807, 2.05) is 0 Å². The first-order chi connectivity index (χ1) is 13.6. The number of rotatable bonds is 12. The molecule has 0 aromatic heterocycles. The summed E-state index contributed by atoms with van der Waals surface area (Å²) in [6, 6.07) is -0.881. The van der Waals surface area contributed by atoms with Crippen LogP contribution in [0.2, 0.25) is 0 Å². The van der Waals surface area contributed by atoms with Crippen molar-refractivity contribution in [3.63, 3.8) is 0 Å². The van der Waals surface area contributed by atoms with E-state index in [0.717, 1.165) is 32.4 Å². The van der Waals surface area contributed by atoms with Crippen LogP contribution in [0.3, 0.4) is 0 Å². The molecule has 7 nitrogen and oxygen atoms in total. The summed E-state index contributed by atoms with van der Waals surface area (Å²) in [5.41, 5.74) is 5.60. The van der Waals surface area contributed by atoms with Crippen molar-refractivity contribution in [3.8, 4) is 0 Å². The molecule has 168 valence electrons. The highest BCUT2D eigenvalue weighted by molar-refractivity contribution is 5.93. The number of nitrogens with one attached hydrogen (secondary N) is 1. The number of ketones is 2. The average Bonchev–Trinajstić information content (AvgIpc) is 2.64. The van der Waals surface area contributed by atoms with Gasteiger partial charge in [0.05, 0.1) is 24.1 Å². The fraction of sp³-hybridized carbons (Fsp3) is 0.864. The van der Waals surface area contributed by atoms with E-state index in [0.29, 0.717) is 12.3 Å². The standard InChI is InChI=1S/C22H41N3O4/c1-14(2)13-25-11-7-6-8-19(25)20(27)12-17(16(5)26)22(29)24-18(9-10-23)21(28)15(3)4/h14-19,26H,6-13,23H2,1-5H3,(H,24,29)/t16?,17-,18-,19-/m0/s1. The van der Waals surface area contributed by atoms with E-state index in [2.05, 4.69) is 24.1 Å². The number of carbonyl (C=O) groups excluding carboxylic acids is 3. The van der Waals surface area contributed by atoms with E-state index in [1.54, 1.807) is 13.8 Å². The van der Waals surface area contributed by atoms with Crippen LogP contribution in [0.4, 0.5) is 0 Å². The molecule has 1 heterocycles. The fourth-order valence-corrected chi connectivity index (χ4v) is 4.01. The third-order valence-electron chi connectivity index (χ3n) is 5.61. The summed E-state index contributed by atoms with van der Waals surface area (Å²) in [5, 5.41) is 12.9. The van der Waals surface area contributed by atoms with Gasteiger partial charge in [0.2, 0.25) is 5.91 Å². The summed E-state index contributed by atoms with van der Waals surface area (Å²) in [5.74, 6) is -1.19. The first-order valence-electron chi connectivity index (χ1n) is 11.1. The van der Waals surface area contributed by atoms with Gasteiger partial charge in [-0.1, -0.05) is 34.1 Å². The van der Waals surface area contributed by atoms with E-state index in [-0.39, 0.29) is 36.5 Å². The first kappa shape index (κ1) is 25.7. The number of Topliss-reactive ketones (excluding diaryl/α,β-unsaturated/α-hetero) is 2.